The minimum Gasteiger partial charge on any atom is -0.550 e. The molecule has 0 aromatic heterocycles. The Morgan fingerprint density at radius 2 is 0.323 bits per heavy atom. The van der Waals surface area contributed by atoms with E-state index in [0.29, 0.717) is 0 Å². The van der Waals surface area contributed by atoms with E-state index in [0.717, 1.165) is 38.5 Å². The normalized spacial score (nSPS) is 10.5. The van der Waals surface area contributed by atoms with Crippen LogP contribution in [0.25, 0.3) is 0 Å². The molecule has 0 aromatic rings. The molecule has 8 heteroatoms. The summed E-state index contributed by atoms with van der Waals surface area (Å²) in [4.78, 5) is 30.7. The largest absolute Gasteiger partial charge is 2.00 e. The summed E-state index contributed by atoms with van der Waals surface area (Å²) in [5.41, 5.74) is 0. The van der Waals surface area contributed by atoms with Gasteiger partial charge in [0.05, 0.1) is 0 Å². The summed E-state index contributed by atoms with van der Waals surface area (Å²) in [6.45, 7) is 6.80. The standard InChI is InChI=1S/3C18H36O2.K.Zn/c3*1-2-3-4-5-6-7-8-9-10-11-12-13-14-15-16-17-18(19)20;;/h3*2-17H2,1H3,(H,19,20);;/q;;;+1;+2/p-3. The second-order valence-corrected chi connectivity index (χ2v) is 18.2. The zero-order chi connectivity index (χ0) is 44.7. The molecule has 0 amide bonds. The molecule has 0 fully saturated rings. The zero-order valence-corrected chi connectivity index (χ0v) is 48.7. The molecule has 0 saturated heterocycles. The van der Waals surface area contributed by atoms with E-state index in [9.17, 15) is 29.7 Å². The van der Waals surface area contributed by atoms with E-state index in [1.54, 1.807) is 0 Å². The van der Waals surface area contributed by atoms with Crippen LogP contribution in [0.1, 0.15) is 329 Å². The second kappa shape index (κ2) is 68.3. The van der Waals surface area contributed by atoms with E-state index in [-0.39, 0.29) is 90.1 Å². The maximum atomic E-state index is 10.2. The molecule has 0 rings (SSSR count). The van der Waals surface area contributed by atoms with Crippen LogP contribution in [-0.4, -0.2) is 17.9 Å². The van der Waals surface area contributed by atoms with Crippen molar-refractivity contribution >= 4 is 17.9 Å². The maximum Gasteiger partial charge on any atom is 2.00 e. The van der Waals surface area contributed by atoms with Crippen molar-refractivity contribution in [1.82, 2.24) is 0 Å². The molecule has 0 aliphatic rings. The summed E-state index contributed by atoms with van der Waals surface area (Å²) in [6.07, 6.45) is 59.6. The predicted octanol–water partition coefficient (Wildman–Crippen LogP) is 12.0. The molecule has 0 heterocycles. The van der Waals surface area contributed by atoms with Crippen LogP contribution in [-0.2, 0) is 33.9 Å². The molecule has 62 heavy (non-hydrogen) atoms. The first-order valence-electron chi connectivity index (χ1n) is 26.9. The Balaban J connectivity index is -0.000000258. The van der Waals surface area contributed by atoms with Crippen LogP contribution in [0.15, 0.2) is 0 Å². The number of unbranched alkanes of at least 4 members (excludes halogenated alkanes) is 42. The number of carbonyl (C=O) groups is 3. The average Bonchev–Trinajstić information content (AvgIpc) is 3.22. The molecular formula is C54H105KO6Zn. The van der Waals surface area contributed by atoms with Gasteiger partial charge < -0.3 is 29.7 Å². The van der Waals surface area contributed by atoms with Crippen LogP contribution in [0, 0.1) is 0 Å². The predicted molar refractivity (Wildman–Crippen MR) is 254 cm³/mol. The number of carbonyl (C=O) groups excluding carboxylic acids is 3. The fourth-order valence-electron chi connectivity index (χ4n) is 7.92. The molecular weight excluding hydrogens is 849 g/mol. The van der Waals surface area contributed by atoms with Gasteiger partial charge in [-0.2, -0.15) is 0 Å². The Morgan fingerprint density at radius 1 is 0.226 bits per heavy atom. The smallest absolute Gasteiger partial charge is 0.550 e. The van der Waals surface area contributed by atoms with Crippen molar-refractivity contribution < 1.29 is 101 Å². The van der Waals surface area contributed by atoms with Gasteiger partial charge in [-0.15, -0.1) is 0 Å². The Bertz CT molecular complexity index is 724. The molecule has 0 unspecified atom stereocenters. The van der Waals surface area contributed by atoms with Gasteiger partial charge in [-0.3, -0.25) is 0 Å². The van der Waals surface area contributed by atoms with Gasteiger partial charge in [-0.05, 0) is 38.5 Å². The van der Waals surface area contributed by atoms with Crippen molar-refractivity contribution in [1.29, 1.82) is 0 Å². The van der Waals surface area contributed by atoms with E-state index >= 15 is 0 Å². The van der Waals surface area contributed by atoms with Crippen LogP contribution < -0.4 is 66.7 Å². The fraction of sp³-hybridized carbons (Fsp3) is 0.944. The first-order chi connectivity index (χ1) is 29.3. The summed E-state index contributed by atoms with van der Waals surface area (Å²) >= 11 is 0. The summed E-state index contributed by atoms with van der Waals surface area (Å²) in [5.74, 6) is -2.71. The number of carboxylic acids is 3. The van der Waals surface area contributed by atoms with E-state index in [2.05, 4.69) is 20.8 Å². The molecule has 0 saturated carbocycles. The third-order valence-electron chi connectivity index (χ3n) is 12.0. The van der Waals surface area contributed by atoms with E-state index in [1.165, 1.54) is 250 Å². The number of aliphatic carboxylic acids is 3. The molecule has 0 aliphatic heterocycles. The Kier molecular flexibility index (Phi) is 78.9. The molecule has 0 radical (unpaired) electrons. The molecule has 0 aromatic carbocycles. The number of rotatable bonds is 48. The van der Waals surface area contributed by atoms with Crippen LogP contribution in [0.3, 0.4) is 0 Å². The van der Waals surface area contributed by atoms with Gasteiger partial charge in [-0.1, -0.05) is 290 Å². The summed E-state index contributed by atoms with van der Waals surface area (Å²) in [6, 6.07) is 0. The molecule has 0 atom stereocenters. The zero-order valence-electron chi connectivity index (χ0n) is 42.6. The third-order valence-corrected chi connectivity index (χ3v) is 12.0. The topological polar surface area (TPSA) is 120 Å². The Hall–Kier alpha value is 0.670. The summed E-state index contributed by atoms with van der Waals surface area (Å²) in [5, 5.41) is 30.7. The van der Waals surface area contributed by atoms with Crippen LogP contribution in [0.5, 0.6) is 0 Å². The van der Waals surface area contributed by atoms with Crippen molar-refractivity contribution in [2.75, 3.05) is 0 Å². The Morgan fingerprint density at radius 3 is 0.419 bits per heavy atom. The Labute approximate surface area is 443 Å². The molecule has 0 bridgehead atoms. The fourth-order valence-corrected chi connectivity index (χ4v) is 7.92. The SMILES string of the molecule is CCCCCCCCCCCCCCCCCC(=O)[O-].CCCCCCCCCCCCCCCCCC(=O)[O-].CCCCCCCCCCCCCCCCCC(=O)[O-].[K+].[Zn+2]. The molecule has 360 valence electrons. The average molecular weight is 955 g/mol. The number of hydrogen-bond acceptors (Lipinski definition) is 6. The molecule has 0 N–H and O–H groups in total. The van der Waals surface area contributed by atoms with Crippen LogP contribution >= 0.6 is 0 Å². The number of hydrogen-bond donors (Lipinski definition) is 0. The van der Waals surface area contributed by atoms with E-state index in [1.807, 2.05) is 0 Å². The monoisotopic (exact) mass is 953 g/mol. The van der Waals surface area contributed by atoms with Crippen LogP contribution in [0.2, 0.25) is 0 Å². The number of carboxylic acid groups (broad SMARTS) is 3. The van der Waals surface area contributed by atoms with Crippen molar-refractivity contribution in [2.45, 2.75) is 329 Å². The van der Waals surface area contributed by atoms with Gasteiger partial charge in [0.1, 0.15) is 0 Å². The minimum absolute atomic E-state index is 0. The summed E-state index contributed by atoms with van der Waals surface area (Å²) in [7, 11) is 0. The second-order valence-electron chi connectivity index (χ2n) is 18.2. The molecule has 0 spiro atoms. The maximum absolute atomic E-state index is 10.2. The van der Waals surface area contributed by atoms with Crippen molar-refractivity contribution in [2.24, 2.45) is 0 Å². The van der Waals surface area contributed by atoms with E-state index in [4.69, 9.17) is 0 Å². The van der Waals surface area contributed by atoms with Crippen LogP contribution in [0.4, 0.5) is 0 Å². The molecule has 6 nitrogen and oxygen atoms in total. The van der Waals surface area contributed by atoms with Crippen molar-refractivity contribution in [3.8, 4) is 0 Å². The first-order valence-corrected chi connectivity index (χ1v) is 26.9. The van der Waals surface area contributed by atoms with Gasteiger partial charge in [0.15, 0.2) is 0 Å². The van der Waals surface area contributed by atoms with E-state index < -0.39 is 17.9 Å². The quantitative estimate of drug-likeness (QED) is 0.0442. The van der Waals surface area contributed by atoms with Gasteiger partial charge in [0, 0.05) is 17.9 Å². The molecule has 0 aliphatic carbocycles. The van der Waals surface area contributed by atoms with Gasteiger partial charge in [0.25, 0.3) is 0 Å². The van der Waals surface area contributed by atoms with Crippen molar-refractivity contribution in [3.05, 3.63) is 0 Å². The minimum atomic E-state index is -0.903. The third kappa shape index (κ3) is 80.9. The van der Waals surface area contributed by atoms with Gasteiger partial charge >= 0.3 is 70.9 Å². The summed E-state index contributed by atoms with van der Waals surface area (Å²) < 4.78 is 0. The van der Waals surface area contributed by atoms with Gasteiger partial charge in [0.2, 0.25) is 0 Å². The van der Waals surface area contributed by atoms with Gasteiger partial charge in [-0.25, -0.2) is 0 Å². The van der Waals surface area contributed by atoms with Crippen molar-refractivity contribution in [3.63, 3.8) is 0 Å². The first kappa shape index (κ1) is 71.7.